The van der Waals surface area contributed by atoms with Crippen LogP contribution in [0.4, 0.5) is 0 Å². The molecule has 1 aromatic heterocycles. The Morgan fingerprint density at radius 3 is 2.56 bits per heavy atom. The van der Waals surface area contributed by atoms with Gasteiger partial charge in [0.1, 0.15) is 0 Å². The Morgan fingerprint density at radius 1 is 1.28 bits per heavy atom. The van der Waals surface area contributed by atoms with Crippen molar-refractivity contribution in [2.24, 2.45) is 0 Å². The van der Waals surface area contributed by atoms with Crippen molar-refractivity contribution in [1.82, 2.24) is 4.98 Å². The number of allylic oxidation sites excluding steroid dienone is 5. The minimum Gasteiger partial charge on any atom is -0.256 e. The first kappa shape index (κ1) is 14.4. The van der Waals surface area contributed by atoms with Crippen LogP contribution in [0.2, 0.25) is 0 Å². The van der Waals surface area contributed by atoms with Gasteiger partial charge >= 0.3 is 0 Å². The fourth-order valence-corrected chi connectivity index (χ4v) is 1.61. The second-order valence-corrected chi connectivity index (χ2v) is 4.64. The summed E-state index contributed by atoms with van der Waals surface area (Å²) < 4.78 is 0. The number of hydrogen-bond donors (Lipinski definition) is 0. The highest BCUT2D eigenvalue weighted by Gasteiger charge is 2.00. The van der Waals surface area contributed by atoms with Crippen LogP contribution in [0.3, 0.4) is 0 Å². The standard InChI is InChI=1S/C17H23N/c1-6-8-17-15(5)11-16(12-18-17)14(4)10-9-13(3)7-2/h6,8-12H,7H2,1-5H3/b8-6-,13-9+,14-10+. The molecule has 1 aromatic rings. The first-order valence-electron chi connectivity index (χ1n) is 6.52. The summed E-state index contributed by atoms with van der Waals surface area (Å²) in [7, 11) is 0. The van der Waals surface area contributed by atoms with E-state index in [1.54, 1.807) is 0 Å². The van der Waals surface area contributed by atoms with E-state index in [1.807, 2.05) is 25.3 Å². The maximum Gasteiger partial charge on any atom is 0.0655 e. The Hall–Kier alpha value is -1.63. The average molecular weight is 241 g/mol. The minimum absolute atomic E-state index is 1.05. The zero-order chi connectivity index (χ0) is 13.5. The van der Waals surface area contributed by atoms with Crippen LogP contribution in [-0.4, -0.2) is 4.98 Å². The largest absolute Gasteiger partial charge is 0.256 e. The smallest absolute Gasteiger partial charge is 0.0655 e. The van der Waals surface area contributed by atoms with Gasteiger partial charge in [-0.2, -0.15) is 0 Å². The van der Waals surface area contributed by atoms with Gasteiger partial charge in [0.15, 0.2) is 0 Å². The van der Waals surface area contributed by atoms with E-state index in [0.717, 1.165) is 12.1 Å². The lowest BCUT2D eigenvalue weighted by atomic mass is 10.0. The summed E-state index contributed by atoms with van der Waals surface area (Å²) in [5.41, 5.74) is 6.11. The third-order valence-electron chi connectivity index (χ3n) is 3.07. The Morgan fingerprint density at radius 2 is 2.00 bits per heavy atom. The lowest BCUT2D eigenvalue weighted by Gasteiger charge is -2.05. The zero-order valence-corrected chi connectivity index (χ0v) is 12.1. The molecule has 1 heterocycles. The summed E-state index contributed by atoms with van der Waals surface area (Å²) in [5, 5.41) is 0. The third kappa shape index (κ3) is 3.99. The predicted octanol–water partition coefficient (Wildman–Crippen LogP) is 5.18. The van der Waals surface area contributed by atoms with E-state index in [-0.39, 0.29) is 0 Å². The molecule has 0 N–H and O–H groups in total. The molecule has 1 rings (SSSR count). The Kier molecular flexibility index (Phi) is 5.57. The van der Waals surface area contributed by atoms with Crippen molar-refractivity contribution < 1.29 is 0 Å². The zero-order valence-electron chi connectivity index (χ0n) is 12.1. The van der Waals surface area contributed by atoms with Crippen molar-refractivity contribution in [3.05, 3.63) is 52.9 Å². The number of aryl methyl sites for hydroxylation is 1. The molecule has 96 valence electrons. The van der Waals surface area contributed by atoms with Crippen molar-refractivity contribution in [2.45, 2.75) is 41.0 Å². The molecule has 18 heavy (non-hydrogen) atoms. The lowest BCUT2D eigenvalue weighted by Crippen LogP contribution is -1.90. The van der Waals surface area contributed by atoms with Crippen LogP contribution >= 0.6 is 0 Å². The monoisotopic (exact) mass is 241 g/mol. The van der Waals surface area contributed by atoms with Crippen molar-refractivity contribution in [3.63, 3.8) is 0 Å². The number of hydrogen-bond acceptors (Lipinski definition) is 1. The fraction of sp³-hybridized carbons (Fsp3) is 0.353. The Labute approximate surface area is 111 Å². The summed E-state index contributed by atoms with van der Waals surface area (Å²) >= 11 is 0. The molecule has 0 radical (unpaired) electrons. The molecule has 0 spiro atoms. The second kappa shape index (κ2) is 6.95. The van der Waals surface area contributed by atoms with Gasteiger partial charge in [-0.05, 0) is 63.0 Å². The molecule has 0 unspecified atom stereocenters. The van der Waals surface area contributed by atoms with Gasteiger partial charge < -0.3 is 0 Å². The quantitative estimate of drug-likeness (QED) is 0.662. The van der Waals surface area contributed by atoms with E-state index in [4.69, 9.17) is 0 Å². The number of pyridine rings is 1. The van der Waals surface area contributed by atoms with Crippen LogP contribution in [0.5, 0.6) is 0 Å². The molecule has 0 atom stereocenters. The molecule has 1 nitrogen and oxygen atoms in total. The molecule has 0 aliphatic carbocycles. The van der Waals surface area contributed by atoms with Crippen molar-refractivity contribution in [1.29, 1.82) is 0 Å². The Balaban J connectivity index is 3.01. The highest BCUT2D eigenvalue weighted by atomic mass is 14.7. The third-order valence-corrected chi connectivity index (χ3v) is 3.07. The lowest BCUT2D eigenvalue weighted by molar-refractivity contribution is 1.10. The highest BCUT2D eigenvalue weighted by molar-refractivity contribution is 5.66. The van der Waals surface area contributed by atoms with Crippen molar-refractivity contribution in [2.75, 3.05) is 0 Å². The van der Waals surface area contributed by atoms with E-state index in [9.17, 15) is 0 Å². The van der Waals surface area contributed by atoms with E-state index < -0.39 is 0 Å². The van der Waals surface area contributed by atoms with E-state index in [1.165, 1.54) is 22.3 Å². The van der Waals surface area contributed by atoms with E-state index >= 15 is 0 Å². The summed E-state index contributed by atoms with van der Waals surface area (Å²) in [6.07, 6.45) is 11.5. The molecule has 0 saturated carbocycles. The van der Waals surface area contributed by atoms with Gasteiger partial charge in [0.2, 0.25) is 0 Å². The molecule has 0 aliphatic rings. The van der Waals surface area contributed by atoms with Crippen LogP contribution in [-0.2, 0) is 0 Å². The van der Waals surface area contributed by atoms with Gasteiger partial charge in [0.05, 0.1) is 5.69 Å². The van der Waals surface area contributed by atoms with Gasteiger partial charge in [0.25, 0.3) is 0 Å². The summed E-state index contributed by atoms with van der Waals surface area (Å²) in [5.74, 6) is 0. The molecule has 0 bridgehead atoms. The molecular formula is C17H23N. The summed E-state index contributed by atoms with van der Waals surface area (Å²) in [4.78, 5) is 4.49. The van der Waals surface area contributed by atoms with E-state index in [2.05, 4.69) is 50.9 Å². The molecule has 0 saturated heterocycles. The molecule has 0 aromatic carbocycles. The van der Waals surface area contributed by atoms with Crippen LogP contribution in [0.25, 0.3) is 11.6 Å². The molecule has 0 aliphatic heterocycles. The molecular weight excluding hydrogens is 218 g/mol. The summed E-state index contributed by atoms with van der Waals surface area (Å²) in [6.45, 7) is 10.6. The second-order valence-electron chi connectivity index (χ2n) is 4.64. The Bertz CT molecular complexity index is 490. The first-order valence-corrected chi connectivity index (χ1v) is 6.52. The minimum atomic E-state index is 1.05. The van der Waals surface area contributed by atoms with Gasteiger partial charge in [-0.15, -0.1) is 0 Å². The van der Waals surface area contributed by atoms with Crippen molar-refractivity contribution >= 4 is 11.6 Å². The first-order chi connectivity index (χ1) is 8.58. The highest BCUT2D eigenvalue weighted by Crippen LogP contribution is 2.17. The maximum absolute atomic E-state index is 4.49. The molecule has 0 fully saturated rings. The van der Waals surface area contributed by atoms with Gasteiger partial charge in [-0.25, -0.2) is 0 Å². The molecule has 1 heteroatoms. The normalized spacial score (nSPS) is 13.4. The predicted molar refractivity (Wildman–Crippen MR) is 81.4 cm³/mol. The topological polar surface area (TPSA) is 12.9 Å². The SMILES string of the molecule is C/C=C\c1ncc(/C(C)=C/C=C(\C)CC)cc1C. The fourth-order valence-electron chi connectivity index (χ4n) is 1.61. The summed E-state index contributed by atoms with van der Waals surface area (Å²) in [6, 6.07) is 2.20. The van der Waals surface area contributed by atoms with Crippen LogP contribution < -0.4 is 0 Å². The van der Waals surface area contributed by atoms with Crippen LogP contribution in [0.1, 0.15) is 50.9 Å². The van der Waals surface area contributed by atoms with Gasteiger partial charge in [-0.1, -0.05) is 30.7 Å². The van der Waals surface area contributed by atoms with Crippen LogP contribution in [0, 0.1) is 6.92 Å². The number of aromatic nitrogens is 1. The van der Waals surface area contributed by atoms with Gasteiger partial charge in [0, 0.05) is 6.20 Å². The van der Waals surface area contributed by atoms with Gasteiger partial charge in [-0.3, -0.25) is 4.98 Å². The number of rotatable bonds is 4. The average Bonchev–Trinajstić information content (AvgIpc) is 2.38. The van der Waals surface area contributed by atoms with Crippen molar-refractivity contribution in [3.8, 4) is 0 Å². The maximum atomic E-state index is 4.49. The molecule has 0 amide bonds. The van der Waals surface area contributed by atoms with Crippen LogP contribution in [0.15, 0.2) is 36.1 Å². The number of nitrogens with zero attached hydrogens (tertiary/aromatic N) is 1. The van der Waals surface area contributed by atoms with E-state index in [0.29, 0.717) is 0 Å².